The molecule has 0 bridgehead atoms. The van der Waals surface area contributed by atoms with Crippen LogP contribution in [0.25, 0.3) is 11.1 Å². The Kier molecular flexibility index (Phi) is 4.17. The molecule has 2 aromatic carbocycles. The van der Waals surface area contributed by atoms with Gasteiger partial charge in [0.15, 0.2) is 0 Å². The molecule has 0 saturated carbocycles. The SMILES string of the molecule is CCC(N)c1cccc(-c2cc(F)ccc2OC)c1. The summed E-state index contributed by atoms with van der Waals surface area (Å²) in [7, 11) is 1.58. The highest BCUT2D eigenvalue weighted by Gasteiger charge is 2.10. The molecule has 0 aliphatic carbocycles. The Labute approximate surface area is 113 Å². The summed E-state index contributed by atoms with van der Waals surface area (Å²) in [5.41, 5.74) is 8.74. The van der Waals surface area contributed by atoms with Crippen LogP contribution in [-0.2, 0) is 0 Å². The molecule has 2 nitrogen and oxygen atoms in total. The van der Waals surface area contributed by atoms with E-state index in [0.717, 1.165) is 23.1 Å². The molecule has 0 aliphatic heterocycles. The van der Waals surface area contributed by atoms with Crippen molar-refractivity contribution in [3.8, 4) is 16.9 Å². The third kappa shape index (κ3) is 2.93. The first kappa shape index (κ1) is 13.6. The van der Waals surface area contributed by atoms with Crippen LogP contribution in [0.15, 0.2) is 42.5 Å². The predicted octanol–water partition coefficient (Wildman–Crippen LogP) is 3.91. The zero-order chi connectivity index (χ0) is 13.8. The molecule has 3 heteroatoms. The second-order valence-electron chi connectivity index (χ2n) is 4.48. The van der Waals surface area contributed by atoms with Crippen molar-refractivity contribution in [2.45, 2.75) is 19.4 Å². The lowest BCUT2D eigenvalue weighted by atomic mass is 9.98. The fourth-order valence-corrected chi connectivity index (χ4v) is 2.08. The molecule has 0 fully saturated rings. The number of hydrogen-bond donors (Lipinski definition) is 1. The predicted molar refractivity (Wildman–Crippen MR) is 75.6 cm³/mol. The first-order valence-corrected chi connectivity index (χ1v) is 6.35. The lowest BCUT2D eigenvalue weighted by Crippen LogP contribution is -2.08. The van der Waals surface area contributed by atoms with Crippen molar-refractivity contribution in [3.05, 3.63) is 53.8 Å². The monoisotopic (exact) mass is 259 g/mol. The molecule has 2 rings (SSSR count). The van der Waals surface area contributed by atoms with Gasteiger partial charge < -0.3 is 10.5 Å². The zero-order valence-corrected chi connectivity index (χ0v) is 11.2. The summed E-state index contributed by atoms with van der Waals surface area (Å²) in [4.78, 5) is 0. The van der Waals surface area contributed by atoms with Gasteiger partial charge in [-0.25, -0.2) is 4.39 Å². The number of nitrogens with two attached hydrogens (primary N) is 1. The van der Waals surface area contributed by atoms with E-state index in [-0.39, 0.29) is 11.9 Å². The number of ether oxygens (including phenoxy) is 1. The number of benzene rings is 2. The van der Waals surface area contributed by atoms with E-state index >= 15 is 0 Å². The minimum absolute atomic E-state index is 0.000459. The van der Waals surface area contributed by atoms with E-state index in [0.29, 0.717) is 5.75 Å². The average molecular weight is 259 g/mol. The van der Waals surface area contributed by atoms with Crippen LogP contribution < -0.4 is 10.5 Å². The van der Waals surface area contributed by atoms with Crippen LogP contribution in [0.2, 0.25) is 0 Å². The van der Waals surface area contributed by atoms with Crippen LogP contribution in [0.3, 0.4) is 0 Å². The van der Waals surface area contributed by atoms with Crippen LogP contribution in [0.4, 0.5) is 4.39 Å². The summed E-state index contributed by atoms with van der Waals surface area (Å²) >= 11 is 0. The van der Waals surface area contributed by atoms with Gasteiger partial charge in [0.05, 0.1) is 7.11 Å². The van der Waals surface area contributed by atoms with Crippen molar-refractivity contribution in [1.82, 2.24) is 0 Å². The second-order valence-corrected chi connectivity index (χ2v) is 4.48. The van der Waals surface area contributed by atoms with Gasteiger partial charge in [0.1, 0.15) is 11.6 Å². The van der Waals surface area contributed by atoms with Crippen LogP contribution in [-0.4, -0.2) is 7.11 Å². The number of hydrogen-bond acceptors (Lipinski definition) is 2. The maximum absolute atomic E-state index is 13.4. The Bertz CT molecular complexity index is 568. The van der Waals surface area contributed by atoms with Gasteiger partial charge in [0, 0.05) is 11.6 Å². The van der Waals surface area contributed by atoms with Crippen molar-refractivity contribution in [2.24, 2.45) is 5.73 Å². The topological polar surface area (TPSA) is 35.2 Å². The Morgan fingerprint density at radius 3 is 2.68 bits per heavy atom. The average Bonchev–Trinajstić information content (AvgIpc) is 2.46. The van der Waals surface area contributed by atoms with Crippen molar-refractivity contribution in [1.29, 1.82) is 0 Å². The van der Waals surface area contributed by atoms with Gasteiger partial charge in [-0.2, -0.15) is 0 Å². The van der Waals surface area contributed by atoms with Gasteiger partial charge in [-0.05, 0) is 41.8 Å². The molecule has 2 N–H and O–H groups in total. The van der Waals surface area contributed by atoms with E-state index in [9.17, 15) is 4.39 Å². The highest BCUT2D eigenvalue weighted by molar-refractivity contribution is 5.71. The molecule has 0 aliphatic rings. The zero-order valence-electron chi connectivity index (χ0n) is 11.2. The van der Waals surface area contributed by atoms with Crippen molar-refractivity contribution < 1.29 is 9.13 Å². The van der Waals surface area contributed by atoms with E-state index in [2.05, 4.69) is 0 Å². The van der Waals surface area contributed by atoms with E-state index in [1.165, 1.54) is 12.1 Å². The minimum Gasteiger partial charge on any atom is -0.496 e. The molecule has 19 heavy (non-hydrogen) atoms. The fraction of sp³-hybridized carbons (Fsp3) is 0.250. The highest BCUT2D eigenvalue weighted by atomic mass is 19.1. The highest BCUT2D eigenvalue weighted by Crippen LogP contribution is 2.32. The van der Waals surface area contributed by atoms with Crippen LogP contribution >= 0.6 is 0 Å². The van der Waals surface area contributed by atoms with Crippen LogP contribution in [0.1, 0.15) is 24.9 Å². The number of halogens is 1. The molecule has 0 amide bonds. The molecule has 2 aromatic rings. The van der Waals surface area contributed by atoms with Gasteiger partial charge in [-0.15, -0.1) is 0 Å². The Hall–Kier alpha value is -1.87. The Morgan fingerprint density at radius 1 is 1.21 bits per heavy atom. The van der Waals surface area contributed by atoms with Crippen molar-refractivity contribution in [2.75, 3.05) is 7.11 Å². The standard InChI is InChI=1S/C16H18FNO/c1-3-15(18)12-6-4-5-11(9-12)14-10-13(17)7-8-16(14)19-2/h4-10,15H,3,18H2,1-2H3. The Morgan fingerprint density at radius 2 is 2.00 bits per heavy atom. The normalized spacial score (nSPS) is 12.2. The van der Waals surface area contributed by atoms with Crippen LogP contribution in [0.5, 0.6) is 5.75 Å². The first-order chi connectivity index (χ1) is 9.15. The van der Waals surface area contributed by atoms with Gasteiger partial charge in [-0.1, -0.05) is 25.1 Å². The molecule has 1 unspecified atom stereocenters. The van der Waals surface area contributed by atoms with Crippen molar-refractivity contribution >= 4 is 0 Å². The van der Waals surface area contributed by atoms with E-state index in [4.69, 9.17) is 10.5 Å². The van der Waals surface area contributed by atoms with Gasteiger partial charge in [-0.3, -0.25) is 0 Å². The van der Waals surface area contributed by atoms with E-state index in [1.807, 2.05) is 31.2 Å². The molecular formula is C16H18FNO. The quantitative estimate of drug-likeness (QED) is 0.903. The summed E-state index contributed by atoms with van der Waals surface area (Å²) < 4.78 is 18.7. The second kappa shape index (κ2) is 5.85. The molecule has 0 heterocycles. The van der Waals surface area contributed by atoms with Gasteiger partial charge >= 0.3 is 0 Å². The molecule has 0 saturated heterocycles. The minimum atomic E-state index is -0.277. The fourth-order valence-electron chi connectivity index (χ4n) is 2.08. The third-order valence-electron chi connectivity index (χ3n) is 3.23. The summed E-state index contributed by atoms with van der Waals surface area (Å²) in [6.45, 7) is 2.04. The Balaban J connectivity index is 2.49. The molecule has 0 aromatic heterocycles. The maximum atomic E-state index is 13.4. The lowest BCUT2D eigenvalue weighted by Gasteiger charge is -2.13. The molecule has 100 valence electrons. The molecule has 1 atom stereocenters. The van der Waals surface area contributed by atoms with Crippen LogP contribution in [0, 0.1) is 5.82 Å². The van der Waals surface area contributed by atoms with Crippen molar-refractivity contribution in [3.63, 3.8) is 0 Å². The number of methoxy groups -OCH3 is 1. The molecule has 0 radical (unpaired) electrons. The summed E-state index contributed by atoms with van der Waals surface area (Å²) in [5.74, 6) is 0.379. The first-order valence-electron chi connectivity index (χ1n) is 6.35. The van der Waals surface area contributed by atoms with Gasteiger partial charge in [0.25, 0.3) is 0 Å². The van der Waals surface area contributed by atoms with E-state index in [1.54, 1.807) is 13.2 Å². The summed E-state index contributed by atoms with van der Waals surface area (Å²) in [6, 6.07) is 12.4. The summed E-state index contributed by atoms with van der Waals surface area (Å²) in [6.07, 6.45) is 0.865. The molecular weight excluding hydrogens is 241 g/mol. The maximum Gasteiger partial charge on any atom is 0.126 e. The summed E-state index contributed by atoms with van der Waals surface area (Å²) in [5, 5.41) is 0. The van der Waals surface area contributed by atoms with Gasteiger partial charge in [0.2, 0.25) is 0 Å². The lowest BCUT2D eigenvalue weighted by molar-refractivity contribution is 0.415. The van der Waals surface area contributed by atoms with E-state index < -0.39 is 0 Å². The smallest absolute Gasteiger partial charge is 0.126 e. The largest absolute Gasteiger partial charge is 0.496 e. The molecule has 0 spiro atoms. The third-order valence-corrected chi connectivity index (χ3v) is 3.23. The number of rotatable bonds is 4.